The topological polar surface area (TPSA) is 28.2 Å². The second kappa shape index (κ2) is 5.57. The maximum absolute atomic E-state index is 4.57. The highest BCUT2D eigenvalue weighted by molar-refractivity contribution is 9.10. The van der Waals surface area contributed by atoms with Crippen molar-refractivity contribution in [2.45, 2.75) is 31.7 Å². The van der Waals surface area contributed by atoms with Crippen molar-refractivity contribution in [2.24, 2.45) is 5.92 Å². The third-order valence-electron chi connectivity index (χ3n) is 3.91. The van der Waals surface area contributed by atoms with E-state index in [1.807, 2.05) is 6.20 Å². The van der Waals surface area contributed by atoms with Gasteiger partial charge in [-0.25, -0.2) is 4.98 Å². The number of anilines is 1. The lowest BCUT2D eigenvalue weighted by Crippen LogP contribution is -2.37. The Kier molecular flexibility index (Phi) is 3.85. The van der Waals surface area contributed by atoms with Crippen molar-refractivity contribution < 1.29 is 0 Å². The summed E-state index contributed by atoms with van der Waals surface area (Å²) >= 11 is 3.46. The van der Waals surface area contributed by atoms with Crippen molar-refractivity contribution in [1.82, 2.24) is 10.3 Å². The molecule has 0 amide bonds. The molecule has 1 saturated heterocycles. The van der Waals surface area contributed by atoms with Crippen LogP contribution in [0.25, 0.3) is 0 Å². The van der Waals surface area contributed by atoms with Gasteiger partial charge in [0.1, 0.15) is 5.82 Å². The summed E-state index contributed by atoms with van der Waals surface area (Å²) in [6.07, 6.45) is 7.19. The molecule has 0 aromatic carbocycles. The summed E-state index contributed by atoms with van der Waals surface area (Å²) in [5.74, 6) is 1.98. The zero-order valence-corrected chi connectivity index (χ0v) is 12.2. The standard InChI is InChI=1S/C14H20BrN3/c15-12-1-4-14(17-9-12)18(13-2-3-13)10-11-5-7-16-8-6-11/h1,4,9,11,13,16H,2-3,5-8,10H2. The highest BCUT2D eigenvalue weighted by Crippen LogP contribution is 2.32. The third kappa shape index (κ3) is 3.04. The molecular weight excluding hydrogens is 290 g/mol. The van der Waals surface area contributed by atoms with Crippen LogP contribution in [0.3, 0.4) is 0 Å². The molecule has 3 nitrogen and oxygen atoms in total. The number of aromatic nitrogens is 1. The van der Waals surface area contributed by atoms with Gasteiger partial charge in [-0.05, 0) is 72.8 Å². The SMILES string of the molecule is Brc1ccc(N(CC2CCNCC2)C2CC2)nc1. The molecule has 2 aliphatic rings. The Labute approximate surface area is 117 Å². The molecule has 1 aromatic heterocycles. The van der Waals surface area contributed by atoms with Crippen LogP contribution in [0.1, 0.15) is 25.7 Å². The molecule has 2 fully saturated rings. The molecular formula is C14H20BrN3. The van der Waals surface area contributed by atoms with Gasteiger partial charge in [0, 0.05) is 23.3 Å². The second-order valence-electron chi connectivity index (χ2n) is 5.41. The van der Waals surface area contributed by atoms with Gasteiger partial charge < -0.3 is 10.2 Å². The van der Waals surface area contributed by atoms with Crippen molar-refractivity contribution >= 4 is 21.7 Å². The molecule has 1 aliphatic heterocycles. The lowest BCUT2D eigenvalue weighted by Gasteiger charge is -2.31. The molecule has 1 aromatic rings. The minimum atomic E-state index is 0.744. The van der Waals surface area contributed by atoms with Crippen molar-refractivity contribution in [3.63, 3.8) is 0 Å². The number of halogens is 1. The lowest BCUT2D eigenvalue weighted by molar-refractivity contribution is 0.372. The van der Waals surface area contributed by atoms with Gasteiger partial charge in [0.2, 0.25) is 0 Å². The van der Waals surface area contributed by atoms with E-state index in [1.165, 1.54) is 45.3 Å². The minimum Gasteiger partial charge on any atom is -0.353 e. The fourth-order valence-corrected chi connectivity index (χ4v) is 2.93. The minimum absolute atomic E-state index is 0.744. The third-order valence-corrected chi connectivity index (χ3v) is 4.38. The molecule has 0 spiro atoms. The zero-order chi connectivity index (χ0) is 12.4. The summed E-state index contributed by atoms with van der Waals surface area (Å²) in [5.41, 5.74) is 0. The summed E-state index contributed by atoms with van der Waals surface area (Å²) in [6, 6.07) is 4.98. The summed E-state index contributed by atoms with van der Waals surface area (Å²) < 4.78 is 1.06. The Balaban J connectivity index is 1.69. The Morgan fingerprint density at radius 2 is 2.00 bits per heavy atom. The maximum atomic E-state index is 4.57. The zero-order valence-electron chi connectivity index (χ0n) is 10.6. The highest BCUT2D eigenvalue weighted by Gasteiger charge is 2.31. The average Bonchev–Trinajstić information content (AvgIpc) is 3.23. The summed E-state index contributed by atoms with van der Waals surface area (Å²) in [5, 5.41) is 3.44. The largest absolute Gasteiger partial charge is 0.353 e. The number of nitrogens with one attached hydrogen (secondary N) is 1. The van der Waals surface area contributed by atoms with Crippen LogP contribution in [0.4, 0.5) is 5.82 Å². The van der Waals surface area contributed by atoms with E-state index >= 15 is 0 Å². The Hall–Kier alpha value is -0.610. The van der Waals surface area contributed by atoms with Crippen LogP contribution in [0.15, 0.2) is 22.8 Å². The summed E-state index contributed by atoms with van der Waals surface area (Å²) in [6.45, 7) is 3.54. The molecule has 1 N–H and O–H groups in total. The van der Waals surface area contributed by atoms with Gasteiger partial charge in [-0.1, -0.05) is 0 Å². The van der Waals surface area contributed by atoms with E-state index in [2.05, 4.69) is 43.3 Å². The van der Waals surface area contributed by atoms with Crippen LogP contribution in [-0.2, 0) is 0 Å². The van der Waals surface area contributed by atoms with Crippen molar-refractivity contribution in [3.8, 4) is 0 Å². The lowest BCUT2D eigenvalue weighted by atomic mass is 9.97. The Morgan fingerprint density at radius 3 is 2.61 bits per heavy atom. The van der Waals surface area contributed by atoms with Crippen LogP contribution in [0.2, 0.25) is 0 Å². The average molecular weight is 310 g/mol. The molecule has 4 heteroatoms. The molecule has 2 heterocycles. The van der Waals surface area contributed by atoms with E-state index in [9.17, 15) is 0 Å². The first-order valence-electron chi connectivity index (χ1n) is 6.92. The van der Waals surface area contributed by atoms with E-state index in [4.69, 9.17) is 0 Å². The maximum Gasteiger partial charge on any atom is 0.128 e. The van der Waals surface area contributed by atoms with Gasteiger partial charge >= 0.3 is 0 Å². The van der Waals surface area contributed by atoms with Gasteiger partial charge in [-0.15, -0.1) is 0 Å². The number of nitrogens with zero attached hydrogens (tertiary/aromatic N) is 2. The molecule has 1 saturated carbocycles. The highest BCUT2D eigenvalue weighted by atomic mass is 79.9. The van der Waals surface area contributed by atoms with E-state index in [1.54, 1.807) is 0 Å². The number of hydrogen-bond acceptors (Lipinski definition) is 3. The van der Waals surface area contributed by atoms with Crippen molar-refractivity contribution in [3.05, 3.63) is 22.8 Å². The van der Waals surface area contributed by atoms with Crippen LogP contribution < -0.4 is 10.2 Å². The van der Waals surface area contributed by atoms with E-state index < -0.39 is 0 Å². The number of rotatable bonds is 4. The number of pyridine rings is 1. The van der Waals surface area contributed by atoms with Gasteiger partial charge in [-0.2, -0.15) is 0 Å². The Morgan fingerprint density at radius 1 is 1.22 bits per heavy atom. The molecule has 0 atom stereocenters. The first-order valence-corrected chi connectivity index (χ1v) is 7.71. The Bertz CT molecular complexity index is 383. The molecule has 0 unspecified atom stereocenters. The summed E-state index contributed by atoms with van der Waals surface area (Å²) in [7, 11) is 0. The molecule has 1 aliphatic carbocycles. The van der Waals surface area contributed by atoms with Gasteiger partial charge in [0.05, 0.1) is 0 Å². The normalized spacial score (nSPS) is 20.9. The van der Waals surface area contributed by atoms with Gasteiger partial charge in [0.25, 0.3) is 0 Å². The molecule has 0 radical (unpaired) electrons. The van der Waals surface area contributed by atoms with Gasteiger partial charge in [-0.3, -0.25) is 0 Å². The first-order chi connectivity index (χ1) is 8.83. The molecule has 3 rings (SSSR count). The predicted molar refractivity (Wildman–Crippen MR) is 77.9 cm³/mol. The first kappa shape index (κ1) is 12.4. The molecule has 0 bridgehead atoms. The quantitative estimate of drug-likeness (QED) is 0.927. The van der Waals surface area contributed by atoms with Crippen molar-refractivity contribution in [1.29, 1.82) is 0 Å². The predicted octanol–water partition coefficient (Wildman–Crippen LogP) is 2.81. The number of piperidine rings is 1. The van der Waals surface area contributed by atoms with Gasteiger partial charge in [0.15, 0.2) is 0 Å². The van der Waals surface area contributed by atoms with Crippen molar-refractivity contribution in [2.75, 3.05) is 24.5 Å². The number of hydrogen-bond donors (Lipinski definition) is 1. The van der Waals surface area contributed by atoms with E-state index in [0.717, 1.165) is 22.3 Å². The van der Waals surface area contributed by atoms with Crippen LogP contribution in [0.5, 0.6) is 0 Å². The second-order valence-corrected chi connectivity index (χ2v) is 6.33. The summed E-state index contributed by atoms with van der Waals surface area (Å²) in [4.78, 5) is 7.10. The van der Waals surface area contributed by atoms with Crippen LogP contribution in [0, 0.1) is 5.92 Å². The fourth-order valence-electron chi connectivity index (χ4n) is 2.70. The monoisotopic (exact) mass is 309 g/mol. The smallest absolute Gasteiger partial charge is 0.128 e. The van der Waals surface area contributed by atoms with E-state index in [0.29, 0.717) is 0 Å². The molecule has 18 heavy (non-hydrogen) atoms. The van der Waals surface area contributed by atoms with Crippen LogP contribution >= 0.6 is 15.9 Å². The van der Waals surface area contributed by atoms with E-state index in [-0.39, 0.29) is 0 Å². The van der Waals surface area contributed by atoms with Crippen LogP contribution in [-0.4, -0.2) is 30.7 Å². The fraction of sp³-hybridized carbons (Fsp3) is 0.643. The molecule has 98 valence electrons.